The topological polar surface area (TPSA) is 23.6 Å². The van der Waals surface area contributed by atoms with Crippen molar-refractivity contribution < 1.29 is 4.79 Å². The van der Waals surface area contributed by atoms with E-state index in [0.29, 0.717) is 6.04 Å². The Morgan fingerprint density at radius 1 is 1.50 bits per heavy atom. The zero-order valence-corrected chi connectivity index (χ0v) is 7.99. The molecule has 1 rings (SSSR count). The fraction of sp³-hybridized carbons (Fsp3) is 0.889. The Morgan fingerprint density at radius 3 is 2.50 bits per heavy atom. The smallest absolute Gasteiger partial charge is 0.209 e. The van der Waals surface area contributed by atoms with Gasteiger partial charge in [-0.05, 0) is 19.4 Å². The van der Waals surface area contributed by atoms with E-state index in [4.69, 9.17) is 0 Å². The Labute approximate surface area is 74.3 Å². The molecule has 0 bridgehead atoms. The number of nitrogens with zero attached hydrogens (tertiary/aromatic N) is 2. The van der Waals surface area contributed by atoms with Crippen molar-refractivity contribution in [2.45, 2.75) is 25.8 Å². The molecule has 0 aromatic rings. The number of hydrogen-bond acceptors (Lipinski definition) is 2. The summed E-state index contributed by atoms with van der Waals surface area (Å²) in [6.07, 6.45) is 3.19. The first-order valence-corrected chi connectivity index (χ1v) is 4.67. The predicted octanol–water partition coefficient (Wildman–Crippen LogP) is 0.559. The number of rotatable bonds is 3. The second-order valence-corrected chi connectivity index (χ2v) is 3.44. The molecule has 1 amide bonds. The van der Waals surface area contributed by atoms with Crippen molar-refractivity contribution >= 4 is 6.41 Å². The van der Waals surface area contributed by atoms with E-state index in [1.165, 1.54) is 0 Å². The molecule has 70 valence electrons. The Bertz CT molecular complexity index is 141. The van der Waals surface area contributed by atoms with Gasteiger partial charge in [0.05, 0.1) is 0 Å². The summed E-state index contributed by atoms with van der Waals surface area (Å²) >= 11 is 0. The summed E-state index contributed by atoms with van der Waals surface area (Å²) in [6.45, 7) is 5.60. The first-order chi connectivity index (χ1) is 5.77. The minimum Gasteiger partial charge on any atom is -0.345 e. The first-order valence-electron chi connectivity index (χ1n) is 4.67. The van der Waals surface area contributed by atoms with Crippen LogP contribution >= 0.6 is 0 Å². The molecule has 0 unspecified atom stereocenters. The van der Waals surface area contributed by atoms with Gasteiger partial charge >= 0.3 is 0 Å². The molecular formula is C9H18N2O. The summed E-state index contributed by atoms with van der Waals surface area (Å²) in [5.74, 6) is 0. The lowest BCUT2D eigenvalue weighted by molar-refractivity contribution is -0.119. The standard InChI is InChI=1S/C9H18N2O/c1-3-11-6-4-9(5-7-11)10(2)8-12/h8-9H,3-7H2,1-2H3. The molecule has 0 N–H and O–H groups in total. The monoisotopic (exact) mass is 170 g/mol. The summed E-state index contributed by atoms with van der Waals surface area (Å²) in [4.78, 5) is 14.7. The van der Waals surface area contributed by atoms with Crippen LogP contribution in [-0.2, 0) is 4.79 Å². The number of amides is 1. The Balaban J connectivity index is 2.30. The molecule has 3 nitrogen and oxygen atoms in total. The van der Waals surface area contributed by atoms with Crippen molar-refractivity contribution in [1.82, 2.24) is 9.80 Å². The van der Waals surface area contributed by atoms with Crippen LogP contribution in [0.5, 0.6) is 0 Å². The van der Waals surface area contributed by atoms with Crippen molar-refractivity contribution in [3.63, 3.8) is 0 Å². The van der Waals surface area contributed by atoms with Gasteiger partial charge in [-0.25, -0.2) is 0 Å². The van der Waals surface area contributed by atoms with Crippen molar-refractivity contribution in [2.75, 3.05) is 26.7 Å². The van der Waals surface area contributed by atoms with Crippen LogP contribution in [0.3, 0.4) is 0 Å². The Morgan fingerprint density at radius 2 is 2.08 bits per heavy atom. The van der Waals surface area contributed by atoms with Gasteiger partial charge < -0.3 is 9.80 Å². The van der Waals surface area contributed by atoms with E-state index in [1.54, 1.807) is 4.90 Å². The minimum absolute atomic E-state index is 0.477. The van der Waals surface area contributed by atoms with E-state index in [1.807, 2.05) is 7.05 Å². The zero-order chi connectivity index (χ0) is 8.97. The highest BCUT2D eigenvalue weighted by Gasteiger charge is 2.20. The molecule has 0 saturated carbocycles. The number of hydrogen-bond donors (Lipinski definition) is 0. The molecule has 1 saturated heterocycles. The van der Waals surface area contributed by atoms with Crippen LogP contribution < -0.4 is 0 Å². The van der Waals surface area contributed by atoms with Gasteiger partial charge in [-0.2, -0.15) is 0 Å². The predicted molar refractivity (Wildman–Crippen MR) is 49.0 cm³/mol. The fourth-order valence-corrected chi connectivity index (χ4v) is 1.73. The fourth-order valence-electron chi connectivity index (χ4n) is 1.73. The van der Waals surface area contributed by atoms with Crippen molar-refractivity contribution in [1.29, 1.82) is 0 Å². The SMILES string of the molecule is CCN1CCC(N(C)C=O)CC1. The lowest BCUT2D eigenvalue weighted by Gasteiger charge is -2.34. The lowest BCUT2D eigenvalue weighted by atomic mass is 10.0. The van der Waals surface area contributed by atoms with Gasteiger partial charge in [0.25, 0.3) is 0 Å². The Hall–Kier alpha value is -0.570. The largest absolute Gasteiger partial charge is 0.345 e. The molecule has 0 radical (unpaired) electrons. The summed E-state index contributed by atoms with van der Waals surface area (Å²) in [5, 5.41) is 0. The van der Waals surface area contributed by atoms with Crippen LogP contribution in [0.2, 0.25) is 0 Å². The molecule has 0 spiro atoms. The molecule has 0 atom stereocenters. The average Bonchev–Trinajstić information content (AvgIpc) is 2.17. The molecule has 3 heteroatoms. The quantitative estimate of drug-likeness (QED) is 0.578. The summed E-state index contributed by atoms with van der Waals surface area (Å²) < 4.78 is 0. The van der Waals surface area contributed by atoms with Gasteiger partial charge in [0.1, 0.15) is 0 Å². The summed E-state index contributed by atoms with van der Waals surface area (Å²) in [5.41, 5.74) is 0. The van der Waals surface area contributed by atoms with Crippen LogP contribution in [-0.4, -0.2) is 48.9 Å². The maximum atomic E-state index is 10.5. The maximum absolute atomic E-state index is 10.5. The lowest BCUT2D eigenvalue weighted by Crippen LogP contribution is -2.42. The summed E-state index contributed by atoms with van der Waals surface area (Å²) in [6, 6.07) is 0.477. The molecule has 0 aromatic carbocycles. The highest BCUT2D eigenvalue weighted by atomic mass is 16.1. The van der Waals surface area contributed by atoms with Crippen molar-refractivity contribution in [3.05, 3.63) is 0 Å². The van der Waals surface area contributed by atoms with Crippen molar-refractivity contribution in [3.8, 4) is 0 Å². The molecular weight excluding hydrogens is 152 g/mol. The second kappa shape index (κ2) is 4.45. The van der Waals surface area contributed by atoms with E-state index in [-0.39, 0.29) is 0 Å². The van der Waals surface area contributed by atoms with Gasteiger partial charge in [-0.3, -0.25) is 4.79 Å². The number of piperidine rings is 1. The maximum Gasteiger partial charge on any atom is 0.209 e. The van der Waals surface area contributed by atoms with E-state index in [2.05, 4.69) is 11.8 Å². The minimum atomic E-state index is 0.477. The third kappa shape index (κ3) is 2.21. The molecule has 0 aliphatic carbocycles. The number of carbonyl (C=O) groups excluding carboxylic acids is 1. The number of likely N-dealkylation sites (tertiary alicyclic amines) is 1. The van der Waals surface area contributed by atoms with Crippen LogP contribution in [0.4, 0.5) is 0 Å². The molecule has 1 aliphatic heterocycles. The van der Waals surface area contributed by atoms with E-state index >= 15 is 0 Å². The van der Waals surface area contributed by atoms with E-state index < -0.39 is 0 Å². The second-order valence-electron chi connectivity index (χ2n) is 3.44. The zero-order valence-electron chi connectivity index (χ0n) is 7.99. The molecule has 1 heterocycles. The van der Waals surface area contributed by atoms with E-state index in [0.717, 1.165) is 38.9 Å². The first kappa shape index (κ1) is 9.52. The third-order valence-corrected chi connectivity index (χ3v) is 2.75. The van der Waals surface area contributed by atoms with Gasteiger partial charge in [-0.15, -0.1) is 0 Å². The van der Waals surface area contributed by atoms with Crippen LogP contribution in [0.15, 0.2) is 0 Å². The summed E-state index contributed by atoms with van der Waals surface area (Å²) in [7, 11) is 1.87. The number of carbonyl (C=O) groups is 1. The van der Waals surface area contributed by atoms with Gasteiger partial charge in [-0.1, -0.05) is 6.92 Å². The van der Waals surface area contributed by atoms with Gasteiger partial charge in [0.15, 0.2) is 0 Å². The van der Waals surface area contributed by atoms with Crippen LogP contribution in [0.1, 0.15) is 19.8 Å². The molecule has 12 heavy (non-hydrogen) atoms. The molecule has 0 aromatic heterocycles. The van der Waals surface area contributed by atoms with Crippen LogP contribution in [0.25, 0.3) is 0 Å². The van der Waals surface area contributed by atoms with Crippen LogP contribution in [0, 0.1) is 0 Å². The van der Waals surface area contributed by atoms with Gasteiger partial charge in [0.2, 0.25) is 6.41 Å². The van der Waals surface area contributed by atoms with E-state index in [9.17, 15) is 4.79 Å². The highest BCUT2D eigenvalue weighted by Crippen LogP contribution is 2.13. The normalized spacial score (nSPS) is 20.8. The van der Waals surface area contributed by atoms with Crippen molar-refractivity contribution in [2.24, 2.45) is 0 Å². The molecule has 1 aliphatic rings. The molecule has 1 fully saturated rings. The Kier molecular flexibility index (Phi) is 3.53. The average molecular weight is 170 g/mol. The highest BCUT2D eigenvalue weighted by molar-refractivity contribution is 5.47. The van der Waals surface area contributed by atoms with Gasteiger partial charge in [0, 0.05) is 26.2 Å². The third-order valence-electron chi connectivity index (χ3n) is 2.75.